The van der Waals surface area contributed by atoms with Crippen molar-refractivity contribution < 1.29 is 19.1 Å². The van der Waals surface area contributed by atoms with E-state index in [0.717, 1.165) is 19.3 Å². The van der Waals surface area contributed by atoms with Crippen molar-refractivity contribution in [2.45, 2.75) is 58.5 Å². The van der Waals surface area contributed by atoms with E-state index in [2.05, 4.69) is 12.2 Å². The van der Waals surface area contributed by atoms with Crippen molar-refractivity contribution in [3.8, 4) is 5.75 Å². The minimum atomic E-state index is -0.665. The normalized spacial score (nSPS) is 23.7. The molecule has 0 bridgehead atoms. The lowest BCUT2D eigenvalue weighted by Crippen LogP contribution is -2.54. The summed E-state index contributed by atoms with van der Waals surface area (Å²) in [6.07, 6.45) is 4.40. The molecule has 3 unspecified atom stereocenters. The molecule has 1 aromatic carbocycles. The number of rotatable bonds is 4. The van der Waals surface area contributed by atoms with E-state index in [1.165, 1.54) is 18.2 Å². The molecule has 0 saturated heterocycles. The number of nitrogens with one attached hydrogen (secondary N) is 1. The summed E-state index contributed by atoms with van der Waals surface area (Å²) < 4.78 is 5.46. The third-order valence-corrected chi connectivity index (χ3v) is 5.45. The molecule has 1 aromatic rings. The lowest BCUT2D eigenvalue weighted by molar-refractivity contribution is -0.128. The third kappa shape index (κ3) is 3.59. The number of nitrogens with zero attached hydrogens (tertiary/aromatic N) is 1. The zero-order valence-electron chi connectivity index (χ0n) is 15.6. The number of ether oxygens (including phenoxy) is 1. The summed E-state index contributed by atoms with van der Waals surface area (Å²) in [6.45, 7) is 5.24. The predicted octanol–water partition coefficient (Wildman–Crippen LogP) is 2.70. The Morgan fingerprint density at radius 3 is 2.69 bits per heavy atom. The summed E-state index contributed by atoms with van der Waals surface area (Å²) in [5.41, 5.74) is 0.967. The van der Waals surface area contributed by atoms with Crippen molar-refractivity contribution in [1.29, 1.82) is 0 Å². The van der Waals surface area contributed by atoms with Crippen molar-refractivity contribution in [3.63, 3.8) is 0 Å². The van der Waals surface area contributed by atoms with E-state index >= 15 is 0 Å². The molecular formula is C20H26N2O4. The van der Waals surface area contributed by atoms with Gasteiger partial charge in [0.2, 0.25) is 5.91 Å². The van der Waals surface area contributed by atoms with Gasteiger partial charge in [0.05, 0.1) is 5.69 Å². The SMILES string of the molecule is CC(=O)c1ccc2c(c1)N(C(C)C(=O)NC1CCCCC1C)C(=O)CO2. The van der Waals surface area contributed by atoms with E-state index in [0.29, 0.717) is 22.9 Å². The Bertz CT molecular complexity index is 731. The standard InChI is InChI=1S/C20H26N2O4/c1-12-6-4-5-7-16(12)21-20(25)13(2)22-17-10-15(14(3)23)8-9-18(17)26-11-19(22)24/h8-10,12-13,16H,4-7,11H2,1-3H3,(H,21,25). The van der Waals surface area contributed by atoms with Gasteiger partial charge < -0.3 is 10.1 Å². The highest BCUT2D eigenvalue weighted by Crippen LogP contribution is 2.34. The number of benzene rings is 1. The lowest BCUT2D eigenvalue weighted by Gasteiger charge is -2.36. The molecule has 1 heterocycles. The molecule has 1 aliphatic carbocycles. The van der Waals surface area contributed by atoms with Crippen molar-refractivity contribution in [2.24, 2.45) is 5.92 Å². The molecular weight excluding hydrogens is 332 g/mol. The van der Waals surface area contributed by atoms with E-state index in [1.54, 1.807) is 25.1 Å². The Balaban J connectivity index is 1.83. The van der Waals surface area contributed by atoms with Gasteiger partial charge >= 0.3 is 0 Å². The fraction of sp³-hybridized carbons (Fsp3) is 0.550. The molecule has 1 N–H and O–H groups in total. The van der Waals surface area contributed by atoms with Crippen LogP contribution in [0.15, 0.2) is 18.2 Å². The quantitative estimate of drug-likeness (QED) is 0.840. The van der Waals surface area contributed by atoms with E-state index in [1.807, 2.05) is 0 Å². The molecule has 1 aliphatic heterocycles. The van der Waals surface area contributed by atoms with Crippen LogP contribution in [0.4, 0.5) is 5.69 Å². The summed E-state index contributed by atoms with van der Waals surface area (Å²) in [7, 11) is 0. The largest absolute Gasteiger partial charge is 0.482 e. The minimum Gasteiger partial charge on any atom is -0.482 e. The third-order valence-electron chi connectivity index (χ3n) is 5.45. The number of ketones is 1. The smallest absolute Gasteiger partial charge is 0.265 e. The number of amides is 2. The Kier molecular flexibility index (Phi) is 5.30. The molecule has 140 valence electrons. The van der Waals surface area contributed by atoms with Crippen LogP contribution in [0.25, 0.3) is 0 Å². The zero-order chi connectivity index (χ0) is 18.8. The van der Waals surface area contributed by atoms with Gasteiger partial charge in [-0.1, -0.05) is 19.8 Å². The first-order chi connectivity index (χ1) is 12.4. The summed E-state index contributed by atoms with van der Waals surface area (Å²) in [5, 5.41) is 3.11. The molecule has 0 aromatic heterocycles. The molecule has 3 rings (SSSR count). The van der Waals surface area contributed by atoms with Crippen LogP contribution in [-0.2, 0) is 9.59 Å². The van der Waals surface area contributed by atoms with Crippen molar-refractivity contribution in [1.82, 2.24) is 5.32 Å². The summed E-state index contributed by atoms with van der Waals surface area (Å²) >= 11 is 0. The number of anilines is 1. The fourth-order valence-corrected chi connectivity index (χ4v) is 3.77. The molecule has 1 fully saturated rings. The molecule has 3 atom stereocenters. The van der Waals surface area contributed by atoms with Crippen molar-refractivity contribution in [3.05, 3.63) is 23.8 Å². The lowest BCUT2D eigenvalue weighted by atomic mass is 9.86. The Labute approximate surface area is 153 Å². The molecule has 26 heavy (non-hydrogen) atoms. The number of fused-ring (bicyclic) bond motifs is 1. The zero-order valence-corrected chi connectivity index (χ0v) is 15.6. The molecule has 6 heteroatoms. The second-order valence-corrected chi connectivity index (χ2v) is 7.34. The first kappa shape index (κ1) is 18.4. The van der Waals surface area contributed by atoms with E-state index in [-0.39, 0.29) is 30.2 Å². The maximum absolute atomic E-state index is 12.8. The molecule has 1 saturated carbocycles. The van der Waals surface area contributed by atoms with Crippen LogP contribution in [0.1, 0.15) is 56.8 Å². The number of carbonyl (C=O) groups is 3. The van der Waals surface area contributed by atoms with Gasteiger partial charge in [-0.25, -0.2) is 0 Å². The van der Waals surface area contributed by atoms with Gasteiger partial charge in [-0.3, -0.25) is 19.3 Å². The second-order valence-electron chi connectivity index (χ2n) is 7.34. The maximum atomic E-state index is 12.8. The van der Waals surface area contributed by atoms with Crippen LogP contribution >= 0.6 is 0 Å². The Morgan fingerprint density at radius 2 is 2.00 bits per heavy atom. The number of hydrogen-bond donors (Lipinski definition) is 1. The van der Waals surface area contributed by atoms with Crippen LogP contribution in [0.5, 0.6) is 5.75 Å². The van der Waals surface area contributed by atoms with Gasteiger partial charge in [0.1, 0.15) is 11.8 Å². The molecule has 0 radical (unpaired) electrons. The second kappa shape index (κ2) is 7.48. The van der Waals surface area contributed by atoms with Gasteiger partial charge in [0, 0.05) is 11.6 Å². The minimum absolute atomic E-state index is 0.0982. The topological polar surface area (TPSA) is 75.7 Å². The predicted molar refractivity (Wildman–Crippen MR) is 98.5 cm³/mol. The molecule has 0 spiro atoms. The van der Waals surface area contributed by atoms with Crippen molar-refractivity contribution >= 4 is 23.3 Å². The van der Waals surface area contributed by atoms with Crippen LogP contribution < -0.4 is 15.0 Å². The Morgan fingerprint density at radius 1 is 1.27 bits per heavy atom. The van der Waals surface area contributed by atoms with Gasteiger partial charge in [-0.05, 0) is 50.8 Å². The Hall–Kier alpha value is -2.37. The maximum Gasteiger partial charge on any atom is 0.265 e. The molecule has 6 nitrogen and oxygen atoms in total. The monoisotopic (exact) mass is 358 g/mol. The average molecular weight is 358 g/mol. The summed E-state index contributed by atoms with van der Waals surface area (Å²) in [6, 6.07) is 4.46. The number of hydrogen-bond acceptors (Lipinski definition) is 4. The van der Waals surface area contributed by atoms with E-state index in [9.17, 15) is 14.4 Å². The van der Waals surface area contributed by atoms with Gasteiger partial charge in [-0.2, -0.15) is 0 Å². The highest BCUT2D eigenvalue weighted by molar-refractivity contribution is 6.05. The van der Waals surface area contributed by atoms with Crippen LogP contribution in [0, 0.1) is 5.92 Å². The number of carbonyl (C=O) groups excluding carboxylic acids is 3. The molecule has 2 amide bonds. The highest BCUT2D eigenvalue weighted by Gasteiger charge is 2.35. The van der Waals surface area contributed by atoms with Gasteiger partial charge in [0.25, 0.3) is 5.91 Å². The highest BCUT2D eigenvalue weighted by atomic mass is 16.5. The van der Waals surface area contributed by atoms with E-state index < -0.39 is 6.04 Å². The number of Topliss-reactive ketones (excluding diaryl/α,β-unsaturated/α-hetero) is 1. The van der Waals surface area contributed by atoms with Crippen LogP contribution in [0.3, 0.4) is 0 Å². The van der Waals surface area contributed by atoms with Crippen LogP contribution in [-0.4, -0.2) is 36.3 Å². The van der Waals surface area contributed by atoms with Gasteiger partial charge in [-0.15, -0.1) is 0 Å². The average Bonchev–Trinajstić information content (AvgIpc) is 2.62. The first-order valence-corrected chi connectivity index (χ1v) is 9.28. The molecule has 2 aliphatic rings. The van der Waals surface area contributed by atoms with Crippen LogP contribution in [0.2, 0.25) is 0 Å². The van der Waals surface area contributed by atoms with Crippen molar-refractivity contribution in [2.75, 3.05) is 11.5 Å². The van der Waals surface area contributed by atoms with E-state index in [4.69, 9.17) is 4.74 Å². The summed E-state index contributed by atoms with van der Waals surface area (Å²) in [4.78, 5) is 38.4. The fourth-order valence-electron chi connectivity index (χ4n) is 3.77. The first-order valence-electron chi connectivity index (χ1n) is 9.28. The van der Waals surface area contributed by atoms with Gasteiger partial charge in [0.15, 0.2) is 12.4 Å². The summed E-state index contributed by atoms with van der Waals surface area (Å²) in [5.74, 6) is 0.409.